The van der Waals surface area contributed by atoms with Crippen molar-refractivity contribution in [3.63, 3.8) is 0 Å². The van der Waals surface area contributed by atoms with Gasteiger partial charge in [0.15, 0.2) is 0 Å². The van der Waals surface area contributed by atoms with Crippen LogP contribution in [0, 0.1) is 6.92 Å². The van der Waals surface area contributed by atoms with Crippen LogP contribution in [0.2, 0.25) is 0 Å². The van der Waals surface area contributed by atoms with Gasteiger partial charge >= 0.3 is 5.97 Å². The molecule has 1 saturated heterocycles. The van der Waals surface area contributed by atoms with Crippen LogP contribution in [-0.2, 0) is 15.5 Å². The molecule has 3 rings (SSSR count). The molecule has 1 aromatic carbocycles. The molecule has 5 nitrogen and oxygen atoms in total. The third-order valence-electron chi connectivity index (χ3n) is 4.09. The number of para-hydroxylation sites is 1. The fourth-order valence-electron chi connectivity index (χ4n) is 2.89. The molecule has 1 aliphatic rings. The van der Waals surface area contributed by atoms with Gasteiger partial charge in [0, 0.05) is 40.8 Å². The standard InChI is InChI=1S/C17H20N2O3S/c1-3-22-17(20)15-12(2)13-6-4-5-7-14(13)18-16(15)19-8-10-23(21)11-9-19/h4-7H,3,8-11H2,1-2H3. The molecule has 0 bridgehead atoms. The van der Waals surface area contributed by atoms with Gasteiger partial charge in [-0.25, -0.2) is 9.78 Å². The lowest BCUT2D eigenvalue weighted by Crippen LogP contribution is -2.39. The van der Waals surface area contributed by atoms with Crippen LogP contribution >= 0.6 is 0 Å². The number of nitrogens with zero attached hydrogens (tertiary/aromatic N) is 2. The van der Waals surface area contributed by atoms with Crippen molar-refractivity contribution in [2.24, 2.45) is 0 Å². The summed E-state index contributed by atoms with van der Waals surface area (Å²) >= 11 is 0. The van der Waals surface area contributed by atoms with E-state index in [-0.39, 0.29) is 5.97 Å². The first-order valence-electron chi connectivity index (χ1n) is 7.78. The van der Waals surface area contributed by atoms with Crippen molar-refractivity contribution < 1.29 is 13.7 Å². The number of esters is 1. The minimum atomic E-state index is -0.773. The number of hydrogen-bond donors (Lipinski definition) is 0. The van der Waals surface area contributed by atoms with Crippen molar-refractivity contribution in [2.75, 3.05) is 36.1 Å². The van der Waals surface area contributed by atoms with Crippen LogP contribution in [0.4, 0.5) is 5.82 Å². The van der Waals surface area contributed by atoms with E-state index in [9.17, 15) is 9.00 Å². The maximum Gasteiger partial charge on any atom is 0.342 e. The molecular formula is C17H20N2O3S. The van der Waals surface area contributed by atoms with Crippen LogP contribution in [0.3, 0.4) is 0 Å². The van der Waals surface area contributed by atoms with Crippen LogP contribution in [0.1, 0.15) is 22.8 Å². The number of benzene rings is 1. The van der Waals surface area contributed by atoms with Gasteiger partial charge in [0.25, 0.3) is 0 Å². The van der Waals surface area contributed by atoms with Crippen LogP contribution < -0.4 is 4.90 Å². The lowest BCUT2D eigenvalue weighted by atomic mass is 10.0. The molecule has 0 spiro atoms. The molecule has 2 aromatic rings. The van der Waals surface area contributed by atoms with Gasteiger partial charge in [0.1, 0.15) is 11.4 Å². The normalized spacial score (nSPS) is 15.8. The molecule has 0 radical (unpaired) electrons. The molecule has 0 atom stereocenters. The number of fused-ring (bicyclic) bond motifs is 1. The van der Waals surface area contributed by atoms with Crippen molar-refractivity contribution in [1.82, 2.24) is 4.98 Å². The molecule has 0 aliphatic carbocycles. The molecule has 1 aliphatic heterocycles. The number of carbonyl (C=O) groups excluding carboxylic acids is 1. The van der Waals surface area contributed by atoms with Gasteiger partial charge in [0.2, 0.25) is 0 Å². The van der Waals surface area contributed by atoms with Crippen molar-refractivity contribution in [1.29, 1.82) is 0 Å². The molecular weight excluding hydrogens is 312 g/mol. The summed E-state index contributed by atoms with van der Waals surface area (Å²) in [7, 11) is -0.773. The first kappa shape index (κ1) is 15.9. The molecule has 0 N–H and O–H groups in total. The SMILES string of the molecule is CCOC(=O)c1c(N2CCS(=O)CC2)nc2ccccc2c1C. The first-order valence-corrected chi connectivity index (χ1v) is 9.27. The van der Waals surface area contributed by atoms with Gasteiger partial charge < -0.3 is 9.64 Å². The summed E-state index contributed by atoms with van der Waals surface area (Å²) in [6.07, 6.45) is 0. The highest BCUT2D eigenvalue weighted by Crippen LogP contribution is 2.29. The summed E-state index contributed by atoms with van der Waals surface area (Å²) in [4.78, 5) is 19.3. The highest BCUT2D eigenvalue weighted by Gasteiger charge is 2.26. The Morgan fingerprint density at radius 1 is 1.30 bits per heavy atom. The van der Waals surface area contributed by atoms with Gasteiger partial charge in [-0.1, -0.05) is 18.2 Å². The molecule has 1 aromatic heterocycles. The number of hydrogen-bond acceptors (Lipinski definition) is 5. The number of pyridine rings is 1. The van der Waals surface area contributed by atoms with Gasteiger partial charge in [0.05, 0.1) is 12.1 Å². The lowest BCUT2D eigenvalue weighted by Gasteiger charge is -2.29. The predicted molar refractivity (Wildman–Crippen MR) is 92.5 cm³/mol. The lowest BCUT2D eigenvalue weighted by molar-refractivity contribution is 0.0526. The summed E-state index contributed by atoms with van der Waals surface area (Å²) in [5, 5.41) is 0.958. The second-order valence-electron chi connectivity index (χ2n) is 5.51. The highest BCUT2D eigenvalue weighted by molar-refractivity contribution is 7.85. The van der Waals surface area contributed by atoms with Gasteiger partial charge in [-0.3, -0.25) is 4.21 Å². The van der Waals surface area contributed by atoms with E-state index in [0.717, 1.165) is 16.5 Å². The zero-order valence-electron chi connectivity index (χ0n) is 13.4. The van der Waals surface area contributed by atoms with Crippen molar-refractivity contribution in [3.05, 3.63) is 35.4 Å². The number of aryl methyl sites for hydroxylation is 1. The Bertz CT molecular complexity index is 766. The monoisotopic (exact) mass is 332 g/mol. The Labute approximate surface area is 138 Å². The quantitative estimate of drug-likeness (QED) is 0.807. The van der Waals surface area contributed by atoms with E-state index >= 15 is 0 Å². The fourth-order valence-corrected chi connectivity index (χ4v) is 3.94. The second-order valence-corrected chi connectivity index (χ2v) is 7.20. The van der Waals surface area contributed by atoms with E-state index < -0.39 is 10.8 Å². The molecule has 2 heterocycles. The Morgan fingerprint density at radius 2 is 2.00 bits per heavy atom. The summed E-state index contributed by atoms with van der Waals surface area (Å²) in [6.45, 7) is 5.34. The first-order chi connectivity index (χ1) is 11.1. The van der Waals surface area contributed by atoms with E-state index in [0.29, 0.717) is 42.6 Å². The van der Waals surface area contributed by atoms with E-state index in [1.807, 2.05) is 36.1 Å². The molecule has 0 amide bonds. The number of anilines is 1. The Balaban J connectivity index is 2.15. The van der Waals surface area contributed by atoms with Crippen molar-refractivity contribution in [3.8, 4) is 0 Å². The van der Waals surface area contributed by atoms with E-state index in [4.69, 9.17) is 9.72 Å². The smallest absolute Gasteiger partial charge is 0.342 e. The van der Waals surface area contributed by atoms with Crippen LogP contribution in [0.15, 0.2) is 24.3 Å². The zero-order valence-corrected chi connectivity index (χ0v) is 14.2. The van der Waals surface area contributed by atoms with Crippen molar-refractivity contribution >= 4 is 33.5 Å². The molecule has 23 heavy (non-hydrogen) atoms. The topological polar surface area (TPSA) is 59.5 Å². The van der Waals surface area contributed by atoms with E-state index in [1.165, 1.54) is 0 Å². The minimum Gasteiger partial charge on any atom is -0.462 e. The average molecular weight is 332 g/mol. The maximum atomic E-state index is 12.5. The number of ether oxygens (including phenoxy) is 1. The summed E-state index contributed by atoms with van der Waals surface area (Å²) in [5.74, 6) is 1.52. The number of rotatable bonds is 3. The minimum absolute atomic E-state index is 0.328. The van der Waals surface area contributed by atoms with E-state index in [2.05, 4.69) is 0 Å². The highest BCUT2D eigenvalue weighted by atomic mass is 32.2. The third kappa shape index (κ3) is 3.08. The number of aromatic nitrogens is 1. The fraction of sp³-hybridized carbons (Fsp3) is 0.412. The molecule has 122 valence electrons. The van der Waals surface area contributed by atoms with Crippen LogP contribution in [0.25, 0.3) is 10.9 Å². The average Bonchev–Trinajstić information content (AvgIpc) is 2.55. The van der Waals surface area contributed by atoms with Crippen LogP contribution in [-0.4, -0.2) is 46.4 Å². The second kappa shape index (κ2) is 6.66. The summed E-state index contributed by atoms with van der Waals surface area (Å²) in [6, 6.07) is 7.79. The van der Waals surface area contributed by atoms with Crippen molar-refractivity contribution in [2.45, 2.75) is 13.8 Å². The van der Waals surface area contributed by atoms with Gasteiger partial charge in [-0.2, -0.15) is 0 Å². The summed E-state index contributed by atoms with van der Waals surface area (Å²) < 4.78 is 16.9. The van der Waals surface area contributed by atoms with E-state index in [1.54, 1.807) is 6.92 Å². The molecule has 6 heteroatoms. The Morgan fingerprint density at radius 3 is 2.70 bits per heavy atom. The van der Waals surface area contributed by atoms with Gasteiger partial charge in [-0.15, -0.1) is 0 Å². The molecule has 1 fully saturated rings. The largest absolute Gasteiger partial charge is 0.462 e. The third-order valence-corrected chi connectivity index (χ3v) is 5.37. The number of carbonyl (C=O) groups is 1. The zero-order chi connectivity index (χ0) is 16.4. The predicted octanol–water partition coefficient (Wildman–Crippen LogP) is 2.29. The van der Waals surface area contributed by atoms with Crippen LogP contribution in [0.5, 0.6) is 0 Å². The molecule has 0 saturated carbocycles. The Hall–Kier alpha value is -1.95. The maximum absolute atomic E-state index is 12.5. The van der Waals surface area contributed by atoms with Gasteiger partial charge in [-0.05, 0) is 25.5 Å². The Kier molecular flexibility index (Phi) is 4.61. The molecule has 0 unspecified atom stereocenters. The summed E-state index contributed by atoms with van der Waals surface area (Å²) in [5.41, 5.74) is 2.27.